The summed E-state index contributed by atoms with van der Waals surface area (Å²) in [5.74, 6) is -1.70. The third-order valence-corrected chi connectivity index (χ3v) is 3.59. The summed E-state index contributed by atoms with van der Waals surface area (Å²) >= 11 is 0. The van der Waals surface area contributed by atoms with E-state index < -0.39 is 42.7 Å². The highest BCUT2D eigenvalue weighted by atomic mass is 19.4. The summed E-state index contributed by atoms with van der Waals surface area (Å²) < 4.78 is 47.3. The number of halogens is 3. The zero-order chi connectivity index (χ0) is 21.4. The van der Waals surface area contributed by atoms with Gasteiger partial charge in [-0.2, -0.15) is 13.2 Å². The van der Waals surface area contributed by atoms with Crippen molar-refractivity contribution in [1.82, 2.24) is 5.32 Å². The maximum atomic E-state index is 12.5. The molecular weight excluding hydrogens is 393 g/mol. The molecular formula is C19H17F3N2O5. The number of alkyl halides is 3. The van der Waals surface area contributed by atoms with E-state index in [0.717, 1.165) is 24.3 Å². The van der Waals surface area contributed by atoms with Gasteiger partial charge in [-0.05, 0) is 36.4 Å². The van der Waals surface area contributed by atoms with Crippen molar-refractivity contribution < 1.29 is 37.0 Å². The number of esters is 1. The van der Waals surface area contributed by atoms with E-state index in [1.54, 1.807) is 24.3 Å². The fourth-order valence-electron chi connectivity index (χ4n) is 2.16. The minimum atomic E-state index is -4.51. The first-order chi connectivity index (χ1) is 13.7. The summed E-state index contributed by atoms with van der Waals surface area (Å²) in [7, 11) is 1.47. The zero-order valence-electron chi connectivity index (χ0n) is 15.2. The van der Waals surface area contributed by atoms with Gasteiger partial charge in [0.05, 0.1) is 12.7 Å². The summed E-state index contributed by atoms with van der Waals surface area (Å²) in [5, 5.41) is 4.71. The second kappa shape index (κ2) is 9.58. The van der Waals surface area contributed by atoms with Crippen LogP contribution in [0, 0.1) is 0 Å². The van der Waals surface area contributed by atoms with Crippen LogP contribution in [0.1, 0.15) is 15.9 Å². The standard InChI is InChI=1S/C19H17F3N2O5/c1-28-15-4-2-3-14(9-15)24-16(25)11-29-17(26)10-23-18(27)12-5-7-13(8-6-12)19(20,21)22/h2-9H,10-11H2,1H3,(H,23,27)(H,24,25). The molecule has 0 unspecified atom stereocenters. The first-order valence-corrected chi connectivity index (χ1v) is 8.24. The maximum Gasteiger partial charge on any atom is 0.416 e. The van der Waals surface area contributed by atoms with Crippen molar-refractivity contribution in [3.05, 3.63) is 59.7 Å². The normalized spacial score (nSPS) is 10.8. The van der Waals surface area contributed by atoms with Gasteiger partial charge in [-0.3, -0.25) is 14.4 Å². The van der Waals surface area contributed by atoms with Gasteiger partial charge in [-0.25, -0.2) is 0 Å². The van der Waals surface area contributed by atoms with Crippen LogP contribution in [0.2, 0.25) is 0 Å². The molecule has 0 radical (unpaired) electrons. The van der Waals surface area contributed by atoms with Gasteiger partial charge in [-0.15, -0.1) is 0 Å². The van der Waals surface area contributed by atoms with Crippen LogP contribution in [0.15, 0.2) is 48.5 Å². The van der Waals surface area contributed by atoms with E-state index in [1.165, 1.54) is 7.11 Å². The van der Waals surface area contributed by atoms with Gasteiger partial charge in [0.2, 0.25) is 0 Å². The third-order valence-electron chi connectivity index (χ3n) is 3.59. The van der Waals surface area contributed by atoms with Crippen molar-refractivity contribution in [2.24, 2.45) is 0 Å². The Morgan fingerprint density at radius 1 is 1.03 bits per heavy atom. The molecule has 10 heteroatoms. The van der Waals surface area contributed by atoms with Gasteiger partial charge in [0.25, 0.3) is 11.8 Å². The smallest absolute Gasteiger partial charge is 0.416 e. The van der Waals surface area contributed by atoms with Crippen LogP contribution in [0.4, 0.5) is 18.9 Å². The van der Waals surface area contributed by atoms with Crippen LogP contribution in [-0.4, -0.2) is 38.0 Å². The summed E-state index contributed by atoms with van der Waals surface area (Å²) in [5.41, 5.74) is -0.502. The zero-order valence-corrected chi connectivity index (χ0v) is 15.2. The molecule has 0 bridgehead atoms. The molecule has 0 aliphatic carbocycles. The highest BCUT2D eigenvalue weighted by molar-refractivity contribution is 5.96. The molecule has 0 saturated heterocycles. The van der Waals surface area contributed by atoms with E-state index in [4.69, 9.17) is 9.47 Å². The molecule has 0 heterocycles. The summed E-state index contributed by atoms with van der Waals surface area (Å²) in [6.45, 7) is -1.13. The number of carbonyl (C=O) groups is 3. The molecule has 154 valence electrons. The number of hydrogen-bond acceptors (Lipinski definition) is 5. The van der Waals surface area contributed by atoms with Crippen LogP contribution in [-0.2, 0) is 20.5 Å². The predicted octanol–water partition coefficient (Wildman–Crippen LogP) is 2.63. The third kappa shape index (κ3) is 6.83. The van der Waals surface area contributed by atoms with E-state index >= 15 is 0 Å². The van der Waals surface area contributed by atoms with E-state index in [0.29, 0.717) is 11.4 Å². The van der Waals surface area contributed by atoms with Gasteiger partial charge in [0.1, 0.15) is 12.3 Å². The Morgan fingerprint density at radius 3 is 2.34 bits per heavy atom. The van der Waals surface area contributed by atoms with E-state index in [-0.39, 0.29) is 5.56 Å². The molecule has 7 nitrogen and oxygen atoms in total. The molecule has 0 spiro atoms. The molecule has 2 amide bonds. The number of amides is 2. The van der Waals surface area contributed by atoms with Crippen molar-refractivity contribution in [3.63, 3.8) is 0 Å². The monoisotopic (exact) mass is 410 g/mol. The van der Waals surface area contributed by atoms with Crippen LogP contribution in [0.3, 0.4) is 0 Å². The highest BCUT2D eigenvalue weighted by Crippen LogP contribution is 2.29. The number of ether oxygens (including phenoxy) is 2. The number of methoxy groups -OCH3 is 1. The van der Waals surface area contributed by atoms with Crippen molar-refractivity contribution in [2.75, 3.05) is 25.6 Å². The molecule has 0 atom stereocenters. The number of benzene rings is 2. The van der Waals surface area contributed by atoms with Crippen LogP contribution >= 0.6 is 0 Å². The summed E-state index contributed by atoms with van der Waals surface area (Å²) in [4.78, 5) is 35.3. The van der Waals surface area contributed by atoms with E-state index in [2.05, 4.69) is 10.6 Å². The minimum absolute atomic E-state index is 0.0541. The first kappa shape index (κ1) is 21.7. The summed E-state index contributed by atoms with van der Waals surface area (Å²) in [6.07, 6.45) is -4.51. The van der Waals surface area contributed by atoms with Crippen LogP contribution in [0.5, 0.6) is 5.75 Å². The maximum absolute atomic E-state index is 12.5. The number of nitrogens with one attached hydrogen (secondary N) is 2. The van der Waals surface area contributed by atoms with E-state index in [1.807, 2.05) is 0 Å². The topological polar surface area (TPSA) is 93.7 Å². The fraction of sp³-hybridized carbons (Fsp3) is 0.211. The van der Waals surface area contributed by atoms with Gasteiger partial charge < -0.3 is 20.1 Å². The molecule has 0 aliphatic heterocycles. The van der Waals surface area contributed by atoms with Gasteiger partial charge in [0.15, 0.2) is 6.61 Å². The molecule has 0 saturated carbocycles. The fourth-order valence-corrected chi connectivity index (χ4v) is 2.16. The average molecular weight is 410 g/mol. The lowest BCUT2D eigenvalue weighted by atomic mass is 10.1. The highest BCUT2D eigenvalue weighted by Gasteiger charge is 2.30. The first-order valence-electron chi connectivity index (χ1n) is 8.24. The molecule has 2 aromatic rings. The lowest BCUT2D eigenvalue weighted by Gasteiger charge is -2.09. The van der Waals surface area contributed by atoms with Crippen molar-refractivity contribution in [2.45, 2.75) is 6.18 Å². The minimum Gasteiger partial charge on any atom is -0.497 e. The Labute approximate surface area is 163 Å². The quantitative estimate of drug-likeness (QED) is 0.685. The van der Waals surface area contributed by atoms with Crippen LogP contribution < -0.4 is 15.4 Å². The molecule has 2 N–H and O–H groups in total. The SMILES string of the molecule is COc1cccc(NC(=O)COC(=O)CNC(=O)c2ccc(C(F)(F)F)cc2)c1. The Balaban J connectivity index is 1.76. The predicted molar refractivity (Wildman–Crippen MR) is 96.4 cm³/mol. The Hall–Kier alpha value is -3.56. The molecule has 0 fully saturated rings. The Bertz CT molecular complexity index is 882. The van der Waals surface area contributed by atoms with Crippen molar-refractivity contribution >= 4 is 23.5 Å². The lowest BCUT2D eigenvalue weighted by molar-refractivity contribution is -0.146. The molecule has 0 aromatic heterocycles. The number of rotatable bonds is 7. The number of carbonyl (C=O) groups excluding carboxylic acids is 3. The summed E-state index contributed by atoms with van der Waals surface area (Å²) in [6, 6.07) is 10.0. The molecule has 2 rings (SSSR count). The van der Waals surface area contributed by atoms with E-state index in [9.17, 15) is 27.6 Å². The number of hydrogen-bond donors (Lipinski definition) is 2. The Morgan fingerprint density at radius 2 is 1.72 bits per heavy atom. The van der Waals surface area contributed by atoms with Crippen molar-refractivity contribution in [1.29, 1.82) is 0 Å². The van der Waals surface area contributed by atoms with Gasteiger partial charge >= 0.3 is 12.1 Å². The van der Waals surface area contributed by atoms with Gasteiger partial charge in [0, 0.05) is 17.3 Å². The molecule has 29 heavy (non-hydrogen) atoms. The average Bonchev–Trinajstić information content (AvgIpc) is 2.70. The lowest BCUT2D eigenvalue weighted by Crippen LogP contribution is -2.32. The van der Waals surface area contributed by atoms with Gasteiger partial charge in [-0.1, -0.05) is 6.07 Å². The second-order valence-electron chi connectivity index (χ2n) is 5.70. The van der Waals surface area contributed by atoms with Crippen molar-refractivity contribution in [3.8, 4) is 5.75 Å². The molecule has 2 aromatic carbocycles. The Kier molecular flexibility index (Phi) is 7.18. The largest absolute Gasteiger partial charge is 0.497 e. The second-order valence-corrected chi connectivity index (χ2v) is 5.70. The number of anilines is 1. The van der Waals surface area contributed by atoms with Crippen LogP contribution in [0.25, 0.3) is 0 Å². The molecule has 0 aliphatic rings.